The van der Waals surface area contributed by atoms with Crippen LogP contribution in [0.3, 0.4) is 0 Å². The van der Waals surface area contributed by atoms with Crippen LogP contribution in [0.4, 0.5) is 0 Å². The lowest BCUT2D eigenvalue weighted by atomic mass is 10.4. The van der Waals surface area contributed by atoms with E-state index < -0.39 is 35.4 Å². The Morgan fingerprint density at radius 2 is 0.812 bits per heavy atom. The largest absolute Gasteiger partial charge is 0.425 e. The van der Waals surface area contributed by atoms with E-state index in [4.69, 9.17) is 0 Å². The van der Waals surface area contributed by atoms with Crippen molar-refractivity contribution < 1.29 is 38.2 Å². The van der Waals surface area contributed by atoms with Gasteiger partial charge in [0.25, 0.3) is 0 Å². The molecule has 0 aliphatic rings. The Bertz CT molecular complexity index is 353. The molecule has 8 nitrogen and oxygen atoms in total. The van der Waals surface area contributed by atoms with Crippen LogP contribution in [-0.2, 0) is 38.2 Å². The summed E-state index contributed by atoms with van der Waals surface area (Å²) in [5, 5.41) is 0. The number of ketones is 2. The summed E-state index contributed by atoms with van der Waals surface area (Å²) in [5.41, 5.74) is 0. The summed E-state index contributed by atoms with van der Waals surface area (Å²) in [6, 6.07) is 0. The first-order valence-corrected chi connectivity index (χ1v) is 3.79. The molecule has 0 aromatic carbocycles. The Kier molecular flexibility index (Phi) is 4.67. The van der Waals surface area contributed by atoms with Crippen molar-refractivity contribution in [2.45, 2.75) is 13.8 Å². The maximum Gasteiger partial charge on any atom is 0.425 e. The smallest absolute Gasteiger partial charge is 0.379 e. The number of rotatable bonds is 2. The molecule has 0 rings (SSSR count). The standard InChI is InChI=1S/C8H6O8/c1-3(9)5(11)15-7(13)8(14)16-6(12)4(2)10/h1-2H3. The number of Topliss-reactive ketones (excluding diaryl/α,β-unsaturated/α-hetero) is 2. The lowest BCUT2D eigenvalue weighted by Gasteiger charge is -1.99. The molecule has 8 heteroatoms. The number of hydrogen-bond donors (Lipinski definition) is 0. The van der Waals surface area contributed by atoms with Gasteiger partial charge in [0.15, 0.2) is 0 Å². The Morgan fingerprint density at radius 1 is 0.562 bits per heavy atom. The van der Waals surface area contributed by atoms with Gasteiger partial charge in [-0.1, -0.05) is 0 Å². The molecule has 0 atom stereocenters. The van der Waals surface area contributed by atoms with Gasteiger partial charge in [0.2, 0.25) is 11.6 Å². The number of carbonyl (C=O) groups is 6. The van der Waals surface area contributed by atoms with E-state index in [0.717, 1.165) is 13.8 Å². The van der Waals surface area contributed by atoms with Gasteiger partial charge >= 0.3 is 23.9 Å². The molecule has 86 valence electrons. The molecule has 0 aliphatic heterocycles. The zero-order valence-electron chi connectivity index (χ0n) is 8.27. The quantitative estimate of drug-likeness (QED) is 0.312. The van der Waals surface area contributed by atoms with E-state index in [1.54, 1.807) is 0 Å². The third-order valence-electron chi connectivity index (χ3n) is 1.11. The zero-order chi connectivity index (χ0) is 12.9. The van der Waals surface area contributed by atoms with Crippen molar-refractivity contribution in [3.05, 3.63) is 0 Å². The van der Waals surface area contributed by atoms with Crippen LogP contribution in [0.25, 0.3) is 0 Å². The second kappa shape index (κ2) is 5.49. The van der Waals surface area contributed by atoms with Crippen LogP contribution < -0.4 is 0 Å². The van der Waals surface area contributed by atoms with Crippen molar-refractivity contribution >= 4 is 35.4 Å². The molecule has 0 bridgehead atoms. The fourth-order valence-corrected chi connectivity index (χ4v) is 0.395. The molecular formula is C8H6O8. The molecule has 0 radical (unpaired) electrons. The van der Waals surface area contributed by atoms with Gasteiger partial charge in [-0.2, -0.15) is 0 Å². The third-order valence-corrected chi connectivity index (χ3v) is 1.11. The first kappa shape index (κ1) is 13.6. The van der Waals surface area contributed by atoms with Crippen LogP contribution >= 0.6 is 0 Å². The molecule has 0 heterocycles. The van der Waals surface area contributed by atoms with Crippen LogP contribution in [0.1, 0.15) is 13.8 Å². The zero-order valence-corrected chi connectivity index (χ0v) is 8.27. The Morgan fingerprint density at radius 3 is 1.00 bits per heavy atom. The van der Waals surface area contributed by atoms with Gasteiger partial charge < -0.3 is 9.47 Å². The fraction of sp³-hybridized carbons (Fsp3) is 0.250. The van der Waals surface area contributed by atoms with E-state index in [2.05, 4.69) is 9.47 Å². The third kappa shape index (κ3) is 4.22. The summed E-state index contributed by atoms with van der Waals surface area (Å²) < 4.78 is 7.38. The van der Waals surface area contributed by atoms with Gasteiger partial charge in [-0.3, -0.25) is 9.59 Å². The molecule has 16 heavy (non-hydrogen) atoms. The average molecular weight is 230 g/mol. The average Bonchev–Trinajstić information content (AvgIpc) is 2.16. The van der Waals surface area contributed by atoms with Crippen LogP contribution in [-0.4, -0.2) is 35.4 Å². The van der Waals surface area contributed by atoms with Gasteiger partial charge in [-0.05, 0) is 0 Å². The maximum absolute atomic E-state index is 10.7. The van der Waals surface area contributed by atoms with Crippen molar-refractivity contribution in [3.63, 3.8) is 0 Å². The molecular weight excluding hydrogens is 224 g/mol. The van der Waals surface area contributed by atoms with E-state index >= 15 is 0 Å². The molecule has 0 amide bonds. The lowest BCUT2D eigenvalue weighted by Crippen LogP contribution is -2.29. The number of hydrogen-bond acceptors (Lipinski definition) is 8. The van der Waals surface area contributed by atoms with E-state index in [1.807, 2.05) is 0 Å². The molecule has 0 saturated heterocycles. The second-order valence-electron chi connectivity index (χ2n) is 2.47. The normalized spacial score (nSPS) is 8.88. The Balaban J connectivity index is 4.37. The highest BCUT2D eigenvalue weighted by Gasteiger charge is 2.27. The first-order valence-electron chi connectivity index (χ1n) is 3.79. The highest BCUT2D eigenvalue weighted by Crippen LogP contribution is 1.89. The number of esters is 4. The monoisotopic (exact) mass is 230 g/mol. The van der Waals surface area contributed by atoms with Crippen molar-refractivity contribution in [1.29, 1.82) is 0 Å². The van der Waals surface area contributed by atoms with Crippen molar-refractivity contribution in [2.75, 3.05) is 0 Å². The van der Waals surface area contributed by atoms with Crippen LogP contribution in [0.15, 0.2) is 0 Å². The predicted octanol–water partition coefficient (Wildman–Crippen LogP) is -1.70. The SMILES string of the molecule is CC(=O)C(=O)OC(=O)C(=O)OC(=O)C(C)=O. The summed E-state index contributed by atoms with van der Waals surface area (Å²) in [5.74, 6) is -9.07. The Hall–Kier alpha value is -2.38. The maximum atomic E-state index is 10.7. The second-order valence-corrected chi connectivity index (χ2v) is 2.47. The molecule has 0 N–H and O–H groups in total. The summed E-state index contributed by atoms with van der Waals surface area (Å²) in [6.07, 6.45) is 0. The van der Waals surface area contributed by atoms with Crippen LogP contribution in [0.5, 0.6) is 0 Å². The Labute approximate surface area is 88.5 Å². The van der Waals surface area contributed by atoms with E-state index in [0.29, 0.717) is 0 Å². The summed E-state index contributed by atoms with van der Waals surface area (Å²) >= 11 is 0. The van der Waals surface area contributed by atoms with Crippen molar-refractivity contribution in [3.8, 4) is 0 Å². The molecule has 0 fully saturated rings. The van der Waals surface area contributed by atoms with Gasteiger partial charge in [-0.15, -0.1) is 0 Å². The number of carbonyl (C=O) groups excluding carboxylic acids is 6. The summed E-state index contributed by atoms with van der Waals surface area (Å²) in [6.45, 7) is 1.61. The van der Waals surface area contributed by atoms with Crippen LogP contribution in [0.2, 0.25) is 0 Å². The molecule has 0 aromatic rings. The molecule has 0 aromatic heterocycles. The van der Waals surface area contributed by atoms with Gasteiger partial charge in [0, 0.05) is 13.8 Å². The molecule has 0 spiro atoms. The van der Waals surface area contributed by atoms with Gasteiger partial charge in [0.05, 0.1) is 0 Å². The summed E-state index contributed by atoms with van der Waals surface area (Å²) in [4.78, 5) is 63.1. The minimum absolute atomic E-state index is 0.807. The molecule has 0 saturated carbocycles. The lowest BCUT2D eigenvalue weighted by molar-refractivity contribution is -0.178. The molecule has 0 unspecified atom stereocenters. The van der Waals surface area contributed by atoms with Crippen LogP contribution in [0, 0.1) is 0 Å². The van der Waals surface area contributed by atoms with E-state index in [9.17, 15) is 28.8 Å². The highest BCUT2D eigenvalue weighted by atomic mass is 16.6. The first-order chi connectivity index (χ1) is 7.25. The topological polar surface area (TPSA) is 121 Å². The molecule has 0 aliphatic carbocycles. The summed E-state index contributed by atoms with van der Waals surface area (Å²) in [7, 11) is 0. The predicted molar refractivity (Wildman–Crippen MR) is 43.6 cm³/mol. The minimum atomic E-state index is -1.85. The van der Waals surface area contributed by atoms with Crippen molar-refractivity contribution in [1.82, 2.24) is 0 Å². The van der Waals surface area contributed by atoms with E-state index in [-0.39, 0.29) is 0 Å². The minimum Gasteiger partial charge on any atom is -0.379 e. The van der Waals surface area contributed by atoms with Gasteiger partial charge in [0.1, 0.15) is 0 Å². The van der Waals surface area contributed by atoms with Gasteiger partial charge in [-0.25, -0.2) is 19.2 Å². The highest BCUT2D eigenvalue weighted by molar-refractivity contribution is 6.43. The number of ether oxygens (including phenoxy) is 2. The van der Waals surface area contributed by atoms with E-state index in [1.165, 1.54) is 0 Å². The van der Waals surface area contributed by atoms with Crippen molar-refractivity contribution in [2.24, 2.45) is 0 Å². The fourth-order valence-electron chi connectivity index (χ4n) is 0.395.